The summed E-state index contributed by atoms with van der Waals surface area (Å²) >= 11 is 0. The molecule has 4 atom stereocenters. The Bertz CT molecular complexity index is 560. The summed E-state index contributed by atoms with van der Waals surface area (Å²) in [5, 5.41) is 12.5. The summed E-state index contributed by atoms with van der Waals surface area (Å²) in [7, 11) is 0. The lowest BCUT2D eigenvalue weighted by molar-refractivity contribution is -0.130. The van der Waals surface area contributed by atoms with Crippen LogP contribution >= 0.6 is 0 Å². The number of carbonyl (C=O) groups is 1. The van der Waals surface area contributed by atoms with E-state index in [0.717, 1.165) is 25.7 Å². The molecule has 1 saturated heterocycles. The number of hydrogen-bond acceptors (Lipinski definition) is 4. The molecule has 4 aliphatic rings. The summed E-state index contributed by atoms with van der Waals surface area (Å²) in [6.07, 6.45) is 6.95. The Morgan fingerprint density at radius 2 is 1.96 bits per heavy atom. The quantitative estimate of drug-likeness (QED) is 0.826. The molecule has 0 radical (unpaired) electrons. The fourth-order valence-corrected chi connectivity index (χ4v) is 5.20. The van der Waals surface area contributed by atoms with E-state index in [9.17, 15) is 9.18 Å². The fourth-order valence-electron chi connectivity index (χ4n) is 5.20. The van der Waals surface area contributed by atoms with Crippen molar-refractivity contribution in [3.8, 4) is 6.07 Å². The fraction of sp³-hybridized carbons (Fsp3) is 0.895. The van der Waals surface area contributed by atoms with Gasteiger partial charge >= 0.3 is 0 Å². The number of nitrogens with zero attached hydrogens (tertiary/aromatic N) is 2. The van der Waals surface area contributed by atoms with Crippen molar-refractivity contribution in [1.82, 2.24) is 10.2 Å². The number of amides is 1. The average molecular weight is 349 g/mol. The molecule has 0 aromatic rings. The molecular formula is C19H28FN3O2. The number of alkyl halides is 1. The number of nitriles is 1. The summed E-state index contributed by atoms with van der Waals surface area (Å²) < 4.78 is 19.6. The van der Waals surface area contributed by atoms with Crippen molar-refractivity contribution in [3.05, 3.63) is 0 Å². The van der Waals surface area contributed by atoms with Crippen LogP contribution in [0, 0.1) is 23.2 Å². The van der Waals surface area contributed by atoms with E-state index in [-0.39, 0.29) is 31.0 Å². The van der Waals surface area contributed by atoms with E-state index in [0.29, 0.717) is 24.0 Å². The van der Waals surface area contributed by atoms with Gasteiger partial charge in [-0.25, -0.2) is 4.39 Å². The molecule has 4 unspecified atom stereocenters. The van der Waals surface area contributed by atoms with Gasteiger partial charge in [0.25, 0.3) is 0 Å². The number of carbonyl (C=O) groups excluding carboxylic acids is 1. The third-order valence-corrected chi connectivity index (χ3v) is 6.52. The van der Waals surface area contributed by atoms with Crippen molar-refractivity contribution in [1.29, 1.82) is 5.26 Å². The summed E-state index contributed by atoms with van der Waals surface area (Å²) in [6.45, 7) is 2.45. The van der Waals surface area contributed by atoms with Gasteiger partial charge in [-0.05, 0) is 57.3 Å². The Hall–Kier alpha value is -1.19. The number of fused-ring (bicyclic) bond motifs is 1. The molecule has 3 aliphatic carbocycles. The number of ether oxygens (including phenoxy) is 1. The molecule has 6 heteroatoms. The molecule has 0 aromatic heterocycles. The van der Waals surface area contributed by atoms with Crippen LogP contribution in [0.4, 0.5) is 4.39 Å². The maximum absolute atomic E-state index is 13.5. The Morgan fingerprint density at radius 1 is 1.28 bits per heavy atom. The molecular weight excluding hydrogens is 321 g/mol. The van der Waals surface area contributed by atoms with Crippen LogP contribution in [0.2, 0.25) is 0 Å². The molecule has 1 N–H and O–H groups in total. The molecule has 1 amide bonds. The van der Waals surface area contributed by atoms with Crippen LogP contribution in [-0.4, -0.2) is 53.9 Å². The second kappa shape index (κ2) is 6.51. The minimum absolute atomic E-state index is 0.0352. The predicted molar refractivity (Wildman–Crippen MR) is 90.4 cm³/mol. The molecule has 25 heavy (non-hydrogen) atoms. The van der Waals surface area contributed by atoms with Crippen LogP contribution in [0.5, 0.6) is 0 Å². The number of halogens is 1. The summed E-state index contributed by atoms with van der Waals surface area (Å²) in [5.41, 5.74) is -0.0352. The Morgan fingerprint density at radius 3 is 2.56 bits per heavy atom. The lowest BCUT2D eigenvalue weighted by Gasteiger charge is -2.29. The zero-order valence-electron chi connectivity index (χ0n) is 14.9. The first-order valence-electron chi connectivity index (χ1n) is 9.69. The highest BCUT2D eigenvalue weighted by molar-refractivity contribution is 5.79. The molecule has 4 fully saturated rings. The van der Waals surface area contributed by atoms with Gasteiger partial charge in [0.15, 0.2) is 0 Å². The number of nitrogens with one attached hydrogen (secondary N) is 1. The number of rotatable bonds is 5. The Labute approximate surface area is 148 Å². The average Bonchev–Trinajstić information content (AvgIpc) is 3.06. The molecule has 3 saturated carbocycles. The minimum atomic E-state index is -1.07. The van der Waals surface area contributed by atoms with Gasteiger partial charge in [0, 0.05) is 12.0 Å². The van der Waals surface area contributed by atoms with Gasteiger partial charge in [-0.2, -0.15) is 5.26 Å². The highest BCUT2D eigenvalue weighted by Gasteiger charge is 2.48. The van der Waals surface area contributed by atoms with Crippen molar-refractivity contribution in [2.45, 2.75) is 81.8 Å². The van der Waals surface area contributed by atoms with Crippen LogP contribution in [0.15, 0.2) is 0 Å². The number of hydrogen-bond donors (Lipinski definition) is 1. The van der Waals surface area contributed by atoms with Crippen LogP contribution < -0.4 is 5.32 Å². The Kier molecular flexibility index (Phi) is 4.49. The summed E-state index contributed by atoms with van der Waals surface area (Å²) in [6, 6.07) is 1.43. The topological polar surface area (TPSA) is 65.4 Å². The van der Waals surface area contributed by atoms with Gasteiger partial charge in [0.2, 0.25) is 5.91 Å². The zero-order valence-corrected chi connectivity index (χ0v) is 14.9. The van der Waals surface area contributed by atoms with Crippen molar-refractivity contribution < 1.29 is 13.9 Å². The first-order valence-corrected chi connectivity index (χ1v) is 9.69. The van der Waals surface area contributed by atoms with Gasteiger partial charge in [-0.1, -0.05) is 0 Å². The van der Waals surface area contributed by atoms with E-state index in [2.05, 4.69) is 12.2 Å². The molecule has 1 heterocycles. The highest BCUT2D eigenvalue weighted by Crippen LogP contribution is 2.50. The lowest BCUT2D eigenvalue weighted by atomic mass is 9.95. The van der Waals surface area contributed by atoms with E-state index in [4.69, 9.17) is 10.00 Å². The first kappa shape index (κ1) is 17.2. The Balaban J connectivity index is 1.26. The van der Waals surface area contributed by atoms with Gasteiger partial charge in [0.05, 0.1) is 31.4 Å². The minimum Gasteiger partial charge on any atom is -0.375 e. The van der Waals surface area contributed by atoms with E-state index >= 15 is 0 Å². The SMILES string of the molecule is CC1(NCC(=O)N2CC(F)CC2C#N)CC2CC(OC3CC3)CC2C1. The predicted octanol–water partition coefficient (Wildman–Crippen LogP) is 2.16. The molecule has 0 bridgehead atoms. The maximum atomic E-state index is 13.5. The third-order valence-electron chi connectivity index (χ3n) is 6.52. The van der Waals surface area contributed by atoms with Crippen molar-refractivity contribution in [2.75, 3.05) is 13.1 Å². The van der Waals surface area contributed by atoms with Gasteiger partial charge in [-0.15, -0.1) is 0 Å². The smallest absolute Gasteiger partial charge is 0.237 e. The number of likely N-dealkylation sites (tertiary alicyclic amines) is 1. The molecule has 0 aromatic carbocycles. The van der Waals surface area contributed by atoms with Gasteiger partial charge in [-0.3, -0.25) is 4.79 Å². The van der Waals surface area contributed by atoms with Crippen LogP contribution in [-0.2, 0) is 9.53 Å². The van der Waals surface area contributed by atoms with E-state index in [1.807, 2.05) is 6.07 Å². The second-order valence-electron chi connectivity index (χ2n) is 8.80. The molecule has 1 aliphatic heterocycles. The molecule has 5 nitrogen and oxygen atoms in total. The summed E-state index contributed by atoms with van der Waals surface area (Å²) in [4.78, 5) is 13.8. The van der Waals surface area contributed by atoms with Gasteiger partial charge < -0.3 is 15.0 Å². The zero-order chi connectivity index (χ0) is 17.6. The molecule has 4 rings (SSSR count). The standard InChI is InChI=1S/C19H28FN3O2/c1-19(22-10-18(24)23-11-14(20)6-15(23)9-21)7-12-4-17(5-13(12)8-19)25-16-2-3-16/h12-17,22H,2-8,10-11H2,1H3. The van der Waals surface area contributed by atoms with Crippen LogP contribution in [0.25, 0.3) is 0 Å². The van der Waals surface area contributed by atoms with Crippen molar-refractivity contribution >= 4 is 5.91 Å². The highest BCUT2D eigenvalue weighted by atomic mass is 19.1. The maximum Gasteiger partial charge on any atom is 0.237 e. The third kappa shape index (κ3) is 3.68. The van der Waals surface area contributed by atoms with Gasteiger partial charge in [0.1, 0.15) is 12.2 Å². The second-order valence-corrected chi connectivity index (χ2v) is 8.80. The molecule has 138 valence electrons. The van der Waals surface area contributed by atoms with Crippen LogP contribution in [0.1, 0.15) is 51.9 Å². The van der Waals surface area contributed by atoms with Crippen LogP contribution in [0.3, 0.4) is 0 Å². The van der Waals surface area contributed by atoms with Crippen molar-refractivity contribution in [3.63, 3.8) is 0 Å². The van der Waals surface area contributed by atoms with E-state index in [1.54, 1.807) is 0 Å². The molecule has 0 spiro atoms. The first-order chi connectivity index (χ1) is 12.0. The van der Waals surface area contributed by atoms with Crippen molar-refractivity contribution in [2.24, 2.45) is 11.8 Å². The van der Waals surface area contributed by atoms with E-state index < -0.39 is 12.2 Å². The largest absolute Gasteiger partial charge is 0.375 e. The monoisotopic (exact) mass is 349 g/mol. The van der Waals surface area contributed by atoms with E-state index in [1.165, 1.54) is 17.7 Å². The summed E-state index contributed by atoms with van der Waals surface area (Å²) in [5.74, 6) is 1.22. The lowest BCUT2D eigenvalue weighted by Crippen LogP contribution is -2.48. The normalized spacial score (nSPS) is 43.2.